The van der Waals surface area contributed by atoms with Gasteiger partial charge in [-0.2, -0.15) is 0 Å². The van der Waals surface area contributed by atoms with Crippen LogP contribution in [-0.4, -0.2) is 34.8 Å². The third-order valence-corrected chi connectivity index (χ3v) is 4.82. The number of carboxylic acid groups (broad SMARTS) is 1. The zero-order valence-corrected chi connectivity index (χ0v) is 13.7. The number of nitrogens with one attached hydrogen (secondary N) is 1. The van der Waals surface area contributed by atoms with Crippen LogP contribution < -0.4 is 21.2 Å². The Morgan fingerprint density at radius 3 is 2.62 bits per heavy atom. The lowest BCUT2D eigenvalue weighted by Gasteiger charge is -2.19. The average molecular weight is 365 g/mol. The van der Waals surface area contributed by atoms with Gasteiger partial charge in [0, 0.05) is 18.8 Å². The number of halogens is 2. The highest BCUT2D eigenvalue weighted by Crippen LogP contribution is 2.41. The van der Waals surface area contributed by atoms with Crippen molar-refractivity contribution in [2.75, 3.05) is 18.8 Å². The van der Waals surface area contributed by atoms with Gasteiger partial charge < -0.3 is 25.5 Å². The highest BCUT2D eigenvalue weighted by atomic mass is 19.1. The van der Waals surface area contributed by atoms with Crippen molar-refractivity contribution in [2.24, 2.45) is 0 Å². The Bertz CT molecular complexity index is 979. The normalized spacial score (nSPS) is 19.8. The second kappa shape index (κ2) is 5.94. The number of ether oxygens (including phenoxy) is 1. The van der Waals surface area contributed by atoms with E-state index in [2.05, 4.69) is 5.32 Å². The number of nitrogens with two attached hydrogens (primary N) is 1. The molecule has 1 saturated heterocycles. The molecular formula is C17H17F2N3O4. The summed E-state index contributed by atoms with van der Waals surface area (Å²) in [5.41, 5.74) is 3.41. The predicted octanol–water partition coefficient (Wildman–Crippen LogP) is 1.64. The number of nitrogens with zero attached hydrogens (tertiary/aromatic N) is 1. The molecule has 2 fully saturated rings. The molecular weight excluding hydrogens is 348 g/mol. The number of carboxylic acids is 1. The van der Waals surface area contributed by atoms with Crippen molar-refractivity contribution < 1.29 is 23.4 Å². The highest BCUT2D eigenvalue weighted by Gasteiger charge is 2.33. The van der Waals surface area contributed by atoms with Crippen molar-refractivity contribution in [3.8, 4) is 5.75 Å². The van der Waals surface area contributed by atoms with E-state index in [-0.39, 0.29) is 11.6 Å². The van der Waals surface area contributed by atoms with Gasteiger partial charge in [-0.05, 0) is 25.8 Å². The van der Waals surface area contributed by atoms with Gasteiger partial charge in [0.1, 0.15) is 11.7 Å². The van der Waals surface area contributed by atoms with Crippen LogP contribution in [0.15, 0.2) is 11.0 Å². The van der Waals surface area contributed by atoms with E-state index in [0.29, 0.717) is 32.4 Å². The van der Waals surface area contributed by atoms with Gasteiger partial charge in [0.15, 0.2) is 17.4 Å². The summed E-state index contributed by atoms with van der Waals surface area (Å²) in [4.78, 5) is 23.9. The van der Waals surface area contributed by atoms with Crippen LogP contribution in [0.1, 0.15) is 35.7 Å². The van der Waals surface area contributed by atoms with Crippen LogP contribution in [0.5, 0.6) is 5.75 Å². The first-order valence-corrected chi connectivity index (χ1v) is 8.36. The molecule has 1 atom stereocenters. The molecule has 0 radical (unpaired) electrons. The summed E-state index contributed by atoms with van der Waals surface area (Å²) in [5, 5.41) is 11.8. The first-order chi connectivity index (χ1) is 12.4. The first kappa shape index (κ1) is 16.8. The summed E-state index contributed by atoms with van der Waals surface area (Å²) in [5.74, 6) is -4.30. The van der Waals surface area contributed by atoms with E-state index < -0.39 is 51.5 Å². The molecule has 1 aliphatic carbocycles. The Balaban J connectivity index is 2.02. The SMILES string of the molecule is Nc1c(F)c(OC2CCNC2)c(F)c2c1c(=O)c(C(=O)O)cn2C1CC1. The molecule has 1 aromatic carbocycles. The third kappa shape index (κ3) is 2.50. The summed E-state index contributed by atoms with van der Waals surface area (Å²) in [7, 11) is 0. The molecule has 1 unspecified atom stereocenters. The van der Waals surface area contributed by atoms with Crippen LogP contribution in [0, 0.1) is 11.6 Å². The lowest BCUT2D eigenvalue weighted by atomic mass is 10.1. The Labute approximate surface area is 146 Å². The second-order valence-corrected chi connectivity index (χ2v) is 6.64. The number of nitrogen functional groups attached to an aromatic ring is 1. The van der Waals surface area contributed by atoms with Crippen LogP contribution in [0.3, 0.4) is 0 Å². The van der Waals surface area contributed by atoms with Crippen molar-refractivity contribution in [1.82, 2.24) is 9.88 Å². The summed E-state index contributed by atoms with van der Waals surface area (Å²) in [6.45, 7) is 1.12. The number of anilines is 1. The molecule has 7 nitrogen and oxygen atoms in total. The van der Waals surface area contributed by atoms with Gasteiger partial charge in [-0.25, -0.2) is 13.6 Å². The van der Waals surface area contributed by atoms with Crippen molar-refractivity contribution in [1.29, 1.82) is 0 Å². The maximum absolute atomic E-state index is 15.2. The number of hydrogen-bond donors (Lipinski definition) is 3. The van der Waals surface area contributed by atoms with Crippen LogP contribution in [-0.2, 0) is 0 Å². The number of carbonyl (C=O) groups is 1. The minimum Gasteiger partial charge on any atom is -0.483 e. The molecule has 4 rings (SSSR count). The third-order valence-electron chi connectivity index (χ3n) is 4.82. The van der Waals surface area contributed by atoms with E-state index in [1.807, 2.05) is 0 Å². The van der Waals surface area contributed by atoms with Crippen LogP contribution >= 0.6 is 0 Å². The zero-order chi connectivity index (χ0) is 18.6. The molecule has 0 spiro atoms. The summed E-state index contributed by atoms with van der Waals surface area (Å²) < 4.78 is 36.7. The van der Waals surface area contributed by atoms with Gasteiger partial charge in [0.2, 0.25) is 5.43 Å². The van der Waals surface area contributed by atoms with Gasteiger partial charge in [-0.1, -0.05) is 0 Å². The topological polar surface area (TPSA) is 107 Å². The number of hydrogen-bond acceptors (Lipinski definition) is 5. The number of aromatic carboxylic acids is 1. The number of benzene rings is 1. The fourth-order valence-electron chi connectivity index (χ4n) is 3.33. The lowest BCUT2D eigenvalue weighted by Crippen LogP contribution is -2.24. The number of aromatic nitrogens is 1. The van der Waals surface area contributed by atoms with Crippen LogP contribution in [0.2, 0.25) is 0 Å². The molecule has 0 amide bonds. The van der Waals surface area contributed by atoms with E-state index in [1.54, 1.807) is 0 Å². The monoisotopic (exact) mass is 365 g/mol. The number of rotatable bonds is 4. The lowest BCUT2D eigenvalue weighted by molar-refractivity contribution is 0.0695. The molecule has 0 bridgehead atoms. The quantitative estimate of drug-likeness (QED) is 0.711. The van der Waals surface area contributed by atoms with Crippen molar-refractivity contribution >= 4 is 22.6 Å². The molecule has 2 heterocycles. The standard InChI is InChI=1S/C17H17F2N3O4/c18-11-13(20)10-14(12(19)16(11)26-8-3-4-21-5-8)22(7-1-2-7)6-9(15(10)23)17(24)25/h6-8,21H,1-5,20H2,(H,24,25). The van der Waals surface area contributed by atoms with E-state index in [0.717, 1.165) is 6.20 Å². The Kier molecular flexibility index (Phi) is 3.83. The minimum absolute atomic E-state index is 0.156. The molecule has 4 N–H and O–H groups in total. The summed E-state index contributed by atoms with van der Waals surface area (Å²) in [6.07, 6.45) is 2.69. The van der Waals surface area contributed by atoms with E-state index >= 15 is 4.39 Å². The van der Waals surface area contributed by atoms with Crippen LogP contribution in [0.25, 0.3) is 10.9 Å². The predicted molar refractivity (Wildman–Crippen MR) is 89.7 cm³/mol. The second-order valence-electron chi connectivity index (χ2n) is 6.64. The molecule has 1 aromatic heterocycles. The molecule has 9 heteroatoms. The van der Waals surface area contributed by atoms with Crippen molar-refractivity contribution in [3.05, 3.63) is 33.6 Å². The summed E-state index contributed by atoms with van der Waals surface area (Å²) >= 11 is 0. The van der Waals surface area contributed by atoms with Crippen molar-refractivity contribution in [3.63, 3.8) is 0 Å². The van der Waals surface area contributed by atoms with Gasteiger partial charge in [-0.3, -0.25) is 4.79 Å². The number of pyridine rings is 1. The van der Waals surface area contributed by atoms with Gasteiger partial charge in [0.05, 0.1) is 16.6 Å². The molecule has 1 saturated carbocycles. The number of fused-ring (bicyclic) bond motifs is 1. The molecule has 1 aliphatic heterocycles. The smallest absolute Gasteiger partial charge is 0.341 e. The first-order valence-electron chi connectivity index (χ1n) is 8.36. The Morgan fingerprint density at radius 1 is 1.31 bits per heavy atom. The fraction of sp³-hybridized carbons (Fsp3) is 0.412. The molecule has 2 aromatic rings. The van der Waals surface area contributed by atoms with Gasteiger partial charge >= 0.3 is 5.97 Å². The Morgan fingerprint density at radius 2 is 2.04 bits per heavy atom. The van der Waals surface area contributed by atoms with E-state index in [4.69, 9.17) is 10.5 Å². The minimum atomic E-state index is -1.47. The van der Waals surface area contributed by atoms with Crippen LogP contribution in [0.4, 0.5) is 14.5 Å². The fourth-order valence-corrected chi connectivity index (χ4v) is 3.33. The summed E-state index contributed by atoms with van der Waals surface area (Å²) in [6, 6.07) is -0.156. The molecule has 2 aliphatic rings. The van der Waals surface area contributed by atoms with Gasteiger partial charge in [0.25, 0.3) is 0 Å². The maximum Gasteiger partial charge on any atom is 0.341 e. The van der Waals surface area contributed by atoms with E-state index in [1.165, 1.54) is 4.57 Å². The van der Waals surface area contributed by atoms with E-state index in [9.17, 15) is 19.1 Å². The largest absolute Gasteiger partial charge is 0.483 e. The molecule has 138 valence electrons. The molecule has 26 heavy (non-hydrogen) atoms. The highest BCUT2D eigenvalue weighted by molar-refractivity contribution is 5.98. The zero-order valence-electron chi connectivity index (χ0n) is 13.7. The van der Waals surface area contributed by atoms with Gasteiger partial charge in [-0.15, -0.1) is 0 Å². The Hall–Kier alpha value is -2.68. The maximum atomic E-state index is 15.2. The van der Waals surface area contributed by atoms with Crippen molar-refractivity contribution in [2.45, 2.75) is 31.4 Å². The average Bonchev–Trinajstić information content (AvgIpc) is 3.32.